The lowest BCUT2D eigenvalue weighted by Gasteiger charge is -2.33. The highest BCUT2D eigenvalue weighted by Crippen LogP contribution is 2.22. The molecule has 9 amide bonds. The Labute approximate surface area is 621 Å². The summed E-state index contributed by atoms with van der Waals surface area (Å²) in [5.74, 6) is -2.25. The van der Waals surface area contributed by atoms with Gasteiger partial charge in [-0.15, -0.1) is 0 Å². The lowest BCUT2D eigenvalue weighted by atomic mass is 10.1. The minimum absolute atomic E-state index is 0.00861. The maximum Gasteiger partial charge on any atom is 0.242 e. The van der Waals surface area contributed by atoms with Crippen LogP contribution < -0.4 is 56.7 Å². The number of hydrogen-bond acceptors (Lipinski definition) is 19. The first kappa shape index (κ1) is 84.1. The molecule has 0 saturated carbocycles. The van der Waals surface area contributed by atoms with Crippen molar-refractivity contribution < 1.29 is 71.6 Å². The Morgan fingerprint density at radius 3 is 0.689 bits per heavy atom. The summed E-state index contributed by atoms with van der Waals surface area (Å²) in [6, 6.07) is 41.5. The number of methoxy groups -OCH3 is 6. The summed E-state index contributed by atoms with van der Waals surface area (Å²) >= 11 is 0. The molecular weight excluding hydrogens is 1360 g/mol. The van der Waals surface area contributed by atoms with E-state index in [2.05, 4.69) is 5.32 Å². The van der Waals surface area contributed by atoms with Gasteiger partial charge in [0.25, 0.3) is 0 Å². The molecule has 106 heavy (non-hydrogen) atoms. The van der Waals surface area contributed by atoms with Gasteiger partial charge >= 0.3 is 0 Å². The zero-order valence-electron chi connectivity index (χ0n) is 62.0. The van der Waals surface area contributed by atoms with Gasteiger partial charge in [-0.3, -0.25) is 43.2 Å². The fourth-order valence-electron chi connectivity index (χ4n) is 11.3. The Hall–Kier alpha value is -10.8. The smallest absolute Gasteiger partial charge is 0.242 e. The highest BCUT2D eigenvalue weighted by molar-refractivity contribution is 5.94. The number of primary amides is 1. The first-order valence-corrected chi connectivity index (χ1v) is 35.3. The maximum atomic E-state index is 15.5. The molecule has 28 nitrogen and oxygen atoms in total. The van der Waals surface area contributed by atoms with Crippen molar-refractivity contribution in [3.63, 3.8) is 0 Å². The fourth-order valence-corrected chi connectivity index (χ4v) is 11.3. The topological polar surface area (TPSA) is 351 Å². The Balaban J connectivity index is 1.34. The molecule has 0 fully saturated rings. The second kappa shape index (κ2) is 45.4. The van der Waals surface area contributed by atoms with Crippen LogP contribution in [0, 0.1) is 0 Å². The number of hydrogen-bond donors (Lipinski definition) is 5. The third-order valence-corrected chi connectivity index (χ3v) is 17.5. The first-order chi connectivity index (χ1) is 51.2. The van der Waals surface area contributed by atoms with Crippen LogP contribution in [0.2, 0.25) is 0 Å². The van der Waals surface area contributed by atoms with Gasteiger partial charge in [0.1, 0.15) is 67.2 Å². The molecule has 0 aliphatic rings. The van der Waals surface area contributed by atoms with Crippen LogP contribution in [0.1, 0.15) is 71.9 Å². The zero-order chi connectivity index (χ0) is 76.8. The van der Waals surface area contributed by atoms with Gasteiger partial charge in [0, 0.05) is 52.4 Å². The van der Waals surface area contributed by atoms with E-state index in [0.717, 1.165) is 18.4 Å². The number of benzene rings is 6. The molecule has 0 radical (unpaired) electrons. The van der Waals surface area contributed by atoms with Crippen molar-refractivity contribution in [2.24, 2.45) is 22.9 Å². The van der Waals surface area contributed by atoms with E-state index in [9.17, 15) is 19.2 Å². The number of unbranched alkanes of at least 4 members (excludes halogenated alkanes) is 3. The molecule has 6 rings (SSSR count). The second-order valence-electron chi connectivity index (χ2n) is 25.3. The fraction of sp³-hybridized carbons (Fsp3) is 0.423. The number of ether oxygens (including phenoxy) is 6. The molecule has 0 heterocycles. The monoisotopic (exact) mass is 1460 g/mol. The Morgan fingerprint density at radius 1 is 0.274 bits per heavy atom. The molecule has 572 valence electrons. The van der Waals surface area contributed by atoms with Crippen molar-refractivity contribution >= 4 is 53.2 Å². The molecule has 0 spiro atoms. The average molecular weight is 1460 g/mol. The van der Waals surface area contributed by atoms with Crippen molar-refractivity contribution in [3.8, 4) is 34.5 Å². The lowest BCUT2D eigenvalue weighted by Crippen LogP contribution is -2.52. The van der Waals surface area contributed by atoms with E-state index in [-0.39, 0.29) is 77.9 Å². The number of nitrogens with zero attached hydrogens (tertiary/aromatic N) is 8. The van der Waals surface area contributed by atoms with E-state index in [0.29, 0.717) is 101 Å². The van der Waals surface area contributed by atoms with Crippen molar-refractivity contribution in [1.82, 2.24) is 44.5 Å². The third kappa shape index (κ3) is 28.7. The van der Waals surface area contributed by atoms with Gasteiger partial charge in [0.05, 0.1) is 68.8 Å². The van der Waals surface area contributed by atoms with Crippen LogP contribution in [0.5, 0.6) is 34.5 Å². The maximum absolute atomic E-state index is 15.5. The van der Waals surface area contributed by atoms with Gasteiger partial charge in [-0.25, -0.2) is 0 Å². The minimum atomic E-state index is -0.784. The van der Waals surface area contributed by atoms with Crippen molar-refractivity contribution in [3.05, 3.63) is 179 Å². The lowest BCUT2D eigenvalue weighted by molar-refractivity contribution is -0.149. The van der Waals surface area contributed by atoms with Crippen molar-refractivity contribution in [2.75, 3.05) is 141 Å². The second-order valence-corrected chi connectivity index (χ2v) is 25.3. The molecule has 6 aromatic carbocycles. The molecule has 28 heteroatoms. The van der Waals surface area contributed by atoms with Gasteiger partial charge in [-0.1, -0.05) is 72.8 Å². The summed E-state index contributed by atoms with van der Waals surface area (Å²) in [6.07, 6.45) is 3.12. The van der Waals surface area contributed by atoms with E-state index in [1.54, 1.807) is 153 Å². The third-order valence-electron chi connectivity index (χ3n) is 17.5. The first-order valence-electron chi connectivity index (χ1n) is 35.3. The van der Waals surface area contributed by atoms with Crippen LogP contribution in [0.4, 0.5) is 0 Å². The van der Waals surface area contributed by atoms with E-state index in [1.807, 2.05) is 0 Å². The number of carbonyl (C=O) groups is 9. The number of carbonyl (C=O) groups excluding carboxylic acids is 9. The predicted octanol–water partition coefficient (Wildman–Crippen LogP) is 4.16. The van der Waals surface area contributed by atoms with Crippen molar-refractivity contribution in [1.29, 1.82) is 0 Å². The van der Waals surface area contributed by atoms with Gasteiger partial charge in [-0.05, 0) is 171 Å². The zero-order valence-corrected chi connectivity index (χ0v) is 62.0. The van der Waals surface area contributed by atoms with E-state index in [1.165, 1.54) is 74.7 Å². The van der Waals surface area contributed by atoms with E-state index < -0.39 is 99.6 Å². The molecule has 0 aromatic heterocycles. The molecule has 6 aromatic rings. The van der Waals surface area contributed by atoms with E-state index >= 15 is 24.0 Å². The van der Waals surface area contributed by atoms with Gasteiger partial charge in [0.15, 0.2) is 0 Å². The van der Waals surface area contributed by atoms with Crippen LogP contribution in [0.25, 0.3) is 0 Å². The van der Waals surface area contributed by atoms with Gasteiger partial charge in [-0.2, -0.15) is 0 Å². The Bertz CT molecular complexity index is 3720. The molecule has 0 aliphatic heterocycles. The molecule has 0 aliphatic carbocycles. The standard InChI is InChI=1S/C78H105N13O15/c1-101-64-25-13-58(14-26-64)44-86(50-70(82)92)76(98)56-90(48-62-21-33-68(105-5)34-22-62)74(96)51-84(41-11-8-38-80)73(95)54-89(47-61-19-31-67(104-4)32-20-61)78(100)57-91(49-63-23-35-69(106-6)36-24-63)75(97)52-85(42-12-9-39-81)72(94)53-88(46-60-17-29-66(103-3)30-18-60)77(99)55-87(71(93)43-83-40-10-7-37-79)45-59-15-27-65(102-2)28-16-59/h13-36,83H,7-12,37-57,79-81H2,1-6H3,(H2,82,92). The molecular formula is C78H105N13O15. The van der Waals surface area contributed by atoms with Crippen LogP contribution in [0.3, 0.4) is 0 Å². The number of nitrogens with two attached hydrogens (primary N) is 4. The largest absolute Gasteiger partial charge is 0.497 e. The molecule has 9 N–H and O–H groups in total. The highest BCUT2D eigenvalue weighted by Gasteiger charge is 2.32. The molecule has 0 bridgehead atoms. The number of nitrogens with one attached hydrogen (secondary N) is 1. The van der Waals surface area contributed by atoms with Gasteiger partial charge < -0.3 is 95.9 Å². The van der Waals surface area contributed by atoms with Crippen molar-refractivity contribution in [2.45, 2.75) is 77.8 Å². The Kier molecular flexibility index (Phi) is 36.1. The summed E-state index contributed by atoms with van der Waals surface area (Å²) in [7, 11) is 9.12. The summed E-state index contributed by atoms with van der Waals surface area (Å²) in [5.41, 5.74) is 27.2. The van der Waals surface area contributed by atoms with Crippen LogP contribution >= 0.6 is 0 Å². The Morgan fingerprint density at radius 2 is 0.472 bits per heavy atom. The van der Waals surface area contributed by atoms with Crippen LogP contribution in [-0.4, -0.2) is 233 Å². The molecule has 0 unspecified atom stereocenters. The number of rotatable bonds is 48. The highest BCUT2D eigenvalue weighted by atomic mass is 16.5. The molecule has 0 saturated heterocycles. The predicted molar refractivity (Wildman–Crippen MR) is 401 cm³/mol. The SMILES string of the molecule is COc1ccc(CN(CC(N)=O)C(=O)CN(Cc2ccc(OC)cc2)C(=O)CN(CCCCN)C(=O)CN(Cc2ccc(OC)cc2)C(=O)CN(Cc2ccc(OC)cc2)C(=O)CN(CCCCN)C(=O)CN(Cc2ccc(OC)cc2)C(=O)CN(Cc2ccc(OC)cc2)C(=O)CNCCCCN)cc1. The normalized spacial score (nSPS) is 10.8. The molecule has 0 atom stereocenters. The quantitative estimate of drug-likeness (QED) is 0.0335. The van der Waals surface area contributed by atoms with Crippen LogP contribution in [0.15, 0.2) is 146 Å². The van der Waals surface area contributed by atoms with Crippen LogP contribution in [-0.2, 0) is 82.4 Å². The number of amides is 9. The minimum Gasteiger partial charge on any atom is -0.497 e. The van der Waals surface area contributed by atoms with E-state index in [4.69, 9.17) is 51.4 Å². The average Bonchev–Trinajstić information content (AvgIpc) is 0.837. The van der Waals surface area contributed by atoms with Gasteiger partial charge in [0.2, 0.25) is 53.2 Å². The summed E-state index contributed by atoms with van der Waals surface area (Å²) in [4.78, 5) is 143. The summed E-state index contributed by atoms with van der Waals surface area (Å²) in [6.45, 7) is -3.31. The summed E-state index contributed by atoms with van der Waals surface area (Å²) in [5, 5.41) is 3.17. The summed E-state index contributed by atoms with van der Waals surface area (Å²) < 4.78 is 32.4.